The van der Waals surface area contributed by atoms with E-state index < -0.39 is 23.0 Å². The minimum Gasteiger partial charge on any atom is -0.446 e. The van der Waals surface area contributed by atoms with E-state index in [1.165, 1.54) is 19.1 Å². The highest BCUT2D eigenvalue weighted by molar-refractivity contribution is 6.37. The Bertz CT molecular complexity index is 1300. The number of nitrogens with zero attached hydrogens (tertiary/aromatic N) is 4. The fraction of sp³-hybridized carbons (Fsp3) is 0.250. The van der Waals surface area contributed by atoms with Crippen LogP contribution in [0.2, 0.25) is 10.0 Å². The van der Waals surface area contributed by atoms with Crippen molar-refractivity contribution in [2.75, 3.05) is 0 Å². The Kier molecular flexibility index (Phi) is 6.43. The van der Waals surface area contributed by atoms with Gasteiger partial charge in [0.15, 0.2) is 5.75 Å². The van der Waals surface area contributed by atoms with Gasteiger partial charge in [0.25, 0.3) is 11.1 Å². The molecule has 0 aliphatic heterocycles. The lowest BCUT2D eigenvalue weighted by Crippen LogP contribution is -2.28. The van der Waals surface area contributed by atoms with E-state index >= 15 is 0 Å². The maximum absolute atomic E-state index is 14.2. The van der Waals surface area contributed by atoms with E-state index in [2.05, 4.69) is 15.0 Å². The first-order chi connectivity index (χ1) is 14.6. The number of aromatic amines is 1. The minimum atomic E-state index is -1.64. The summed E-state index contributed by atoms with van der Waals surface area (Å²) in [5, 5.41) is 8.94. The van der Waals surface area contributed by atoms with Crippen molar-refractivity contribution in [1.82, 2.24) is 19.5 Å². The molecule has 1 aromatic carbocycles. The monoisotopic (exact) mass is 463 g/mol. The van der Waals surface area contributed by atoms with Gasteiger partial charge in [-0.25, -0.2) is 14.4 Å². The number of aromatic nitrogens is 4. The minimum absolute atomic E-state index is 0.0358. The third kappa shape index (κ3) is 4.60. The number of hydrogen-bond donors (Lipinski definition) is 1. The SMILES string of the molecule is Cc1nc(C)c(Cn2cnc([C@H](C)F)c(Oc3c(Cl)cc(C#N)cc3Cl)c2=O)c(=O)[nH]1. The van der Waals surface area contributed by atoms with Crippen molar-refractivity contribution in [3.63, 3.8) is 0 Å². The second-order valence-electron chi connectivity index (χ2n) is 6.71. The molecule has 0 aliphatic carbocycles. The number of H-pyrrole nitrogens is 1. The summed E-state index contributed by atoms with van der Waals surface area (Å²) in [6.45, 7) is 4.31. The van der Waals surface area contributed by atoms with Gasteiger partial charge in [-0.15, -0.1) is 0 Å². The molecule has 8 nitrogen and oxygen atoms in total. The van der Waals surface area contributed by atoms with E-state index in [9.17, 15) is 14.0 Å². The largest absolute Gasteiger partial charge is 0.446 e. The Morgan fingerprint density at radius 3 is 2.45 bits per heavy atom. The third-order valence-corrected chi connectivity index (χ3v) is 4.96. The second-order valence-corrected chi connectivity index (χ2v) is 7.52. The third-order valence-electron chi connectivity index (χ3n) is 4.40. The lowest BCUT2D eigenvalue weighted by Gasteiger charge is -2.15. The molecule has 3 rings (SSSR count). The Labute approximate surface area is 185 Å². The highest BCUT2D eigenvalue weighted by Gasteiger charge is 2.22. The Morgan fingerprint density at radius 1 is 1.26 bits per heavy atom. The molecule has 0 aliphatic rings. The van der Waals surface area contributed by atoms with Crippen LogP contribution in [-0.4, -0.2) is 19.5 Å². The molecule has 0 unspecified atom stereocenters. The first-order valence-electron chi connectivity index (χ1n) is 8.99. The van der Waals surface area contributed by atoms with E-state index in [-0.39, 0.29) is 39.2 Å². The quantitative estimate of drug-likeness (QED) is 0.611. The number of halogens is 3. The normalized spacial score (nSPS) is 11.8. The first kappa shape index (κ1) is 22.5. The summed E-state index contributed by atoms with van der Waals surface area (Å²) in [6, 6.07) is 4.50. The van der Waals surface area contributed by atoms with E-state index in [1.54, 1.807) is 13.8 Å². The van der Waals surface area contributed by atoms with Crippen molar-refractivity contribution in [2.24, 2.45) is 0 Å². The molecule has 2 heterocycles. The molecule has 0 amide bonds. The van der Waals surface area contributed by atoms with E-state index in [4.69, 9.17) is 33.2 Å². The molecule has 0 bridgehead atoms. The number of benzene rings is 1. The molecule has 160 valence electrons. The standard InChI is InChI=1S/C20H16Cl2FN5O3/c1-9(23)16-18(31-17-14(21)4-12(6-24)5-15(17)22)20(30)28(8-25-16)7-13-10(2)26-11(3)27-19(13)29/h4-5,8-9H,7H2,1-3H3,(H,26,27,29)/t9-/m0/s1. The van der Waals surface area contributed by atoms with Gasteiger partial charge in [-0.2, -0.15) is 5.26 Å². The molecule has 0 spiro atoms. The first-order valence-corrected chi connectivity index (χ1v) is 9.74. The fourth-order valence-corrected chi connectivity index (χ4v) is 3.47. The summed E-state index contributed by atoms with van der Waals surface area (Å²) in [7, 11) is 0. The molecular weight excluding hydrogens is 448 g/mol. The lowest BCUT2D eigenvalue weighted by molar-refractivity contribution is 0.344. The summed E-state index contributed by atoms with van der Waals surface area (Å²) >= 11 is 12.3. The highest BCUT2D eigenvalue weighted by Crippen LogP contribution is 2.38. The Morgan fingerprint density at radius 2 is 1.90 bits per heavy atom. The maximum Gasteiger partial charge on any atom is 0.297 e. The van der Waals surface area contributed by atoms with E-state index in [1.807, 2.05) is 6.07 Å². The van der Waals surface area contributed by atoms with Gasteiger partial charge < -0.3 is 9.72 Å². The van der Waals surface area contributed by atoms with Gasteiger partial charge in [-0.3, -0.25) is 14.2 Å². The average molecular weight is 464 g/mol. The number of hydrogen-bond acceptors (Lipinski definition) is 6. The van der Waals surface area contributed by atoms with Gasteiger partial charge in [0.05, 0.1) is 40.1 Å². The molecule has 11 heteroatoms. The van der Waals surface area contributed by atoms with Crippen LogP contribution in [0.1, 0.15) is 41.4 Å². The lowest BCUT2D eigenvalue weighted by atomic mass is 10.2. The van der Waals surface area contributed by atoms with Crippen molar-refractivity contribution < 1.29 is 9.13 Å². The molecule has 1 N–H and O–H groups in total. The van der Waals surface area contributed by atoms with Crippen LogP contribution in [0.25, 0.3) is 0 Å². The molecule has 0 saturated heterocycles. The van der Waals surface area contributed by atoms with Gasteiger partial charge in [0, 0.05) is 5.69 Å². The Balaban J connectivity index is 2.12. The predicted molar refractivity (Wildman–Crippen MR) is 113 cm³/mol. The molecule has 0 radical (unpaired) electrons. The van der Waals surface area contributed by atoms with Crippen LogP contribution in [0.15, 0.2) is 28.0 Å². The van der Waals surface area contributed by atoms with Crippen LogP contribution in [0.4, 0.5) is 4.39 Å². The smallest absolute Gasteiger partial charge is 0.297 e. The van der Waals surface area contributed by atoms with Gasteiger partial charge >= 0.3 is 0 Å². The predicted octanol–water partition coefficient (Wildman–Crippen LogP) is 3.99. The summed E-state index contributed by atoms with van der Waals surface area (Å²) in [4.78, 5) is 36.2. The van der Waals surface area contributed by atoms with Crippen molar-refractivity contribution in [1.29, 1.82) is 5.26 Å². The number of alkyl halides is 1. The molecule has 31 heavy (non-hydrogen) atoms. The molecule has 2 aromatic heterocycles. The maximum atomic E-state index is 14.2. The zero-order chi connectivity index (χ0) is 22.9. The Hall–Kier alpha value is -3.22. The number of ether oxygens (including phenoxy) is 1. The number of aryl methyl sites for hydroxylation is 2. The van der Waals surface area contributed by atoms with Crippen LogP contribution in [0.5, 0.6) is 11.5 Å². The van der Waals surface area contributed by atoms with Crippen molar-refractivity contribution in [3.8, 4) is 17.6 Å². The fourth-order valence-electron chi connectivity index (χ4n) is 2.91. The van der Waals surface area contributed by atoms with Crippen molar-refractivity contribution >= 4 is 23.2 Å². The summed E-state index contributed by atoms with van der Waals surface area (Å²) in [5.41, 5.74) is -0.532. The van der Waals surface area contributed by atoms with Crippen LogP contribution in [0, 0.1) is 25.2 Å². The molecule has 0 fully saturated rings. The summed E-state index contributed by atoms with van der Waals surface area (Å²) < 4.78 is 20.9. The summed E-state index contributed by atoms with van der Waals surface area (Å²) in [6.07, 6.45) is -0.513. The number of nitrogens with one attached hydrogen (secondary N) is 1. The van der Waals surface area contributed by atoms with Crippen LogP contribution in [0.3, 0.4) is 0 Å². The zero-order valence-electron chi connectivity index (χ0n) is 16.7. The van der Waals surface area contributed by atoms with Crippen LogP contribution >= 0.6 is 23.2 Å². The van der Waals surface area contributed by atoms with Gasteiger partial charge in [0.1, 0.15) is 17.7 Å². The summed E-state index contributed by atoms with van der Waals surface area (Å²) in [5.74, 6) is -0.112. The van der Waals surface area contributed by atoms with Crippen molar-refractivity contribution in [2.45, 2.75) is 33.5 Å². The molecule has 3 aromatic rings. The van der Waals surface area contributed by atoms with Crippen LogP contribution in [-0.2, 0) is 6.54 Å². The number of rotatable bonds is 5. The van der Waals surface area contributed by atoms with E-state index in [0.29, 0.717) is 11.5 Å². The van der Waals surface area contributed by atoms with Crippen molar-refractivity contribution in [3.05, 3.63) is 77.6 Å². The molecular formula is C20H16Cl2FN5O3. The highest BCUT2D eigenvalue weighted by atomic mass is 35.5. The topological polar surface area (TPSA) is 114 Å². The van der Waals surface area contributed by atoms with Gasteiger partial charge in [-0.1, -0.05) is 23.2 Å². The number of nitriles is 1. The van der Waals surface area contributed by atoms with Gasteiger partial charge in [-0.05, 0) is 32.9 Å². The second kappa shape index (κ2) is 8.88. The average Bonchev–Trinajstić information content (AvgIpc) is 2.68. The molecule has 0 saturated carbocycles. The molecule has 1 atom stereocenters. The van der Waals surface area contributed by atoms with Crippen LogP contribution < -0.4 is 15.9 Å². The zero-order valence-corrected chi connectivity index (χ0v) is 18.2. The van der Waals surface area contributed by atoms with Gasteiger partial charge in [0.2, 0.25) is 5.75 Å². The van der Waals surface area contributed by atoms with E-state index in [0.717, 1.165) is 10.9 Å².